The van der Waals surface area contributed by atoms with Crippen LogP contribution in [0.15, 0.2) is 0 Å². The van der Waals surface area contributed by atoms with Crippen LogP contribution in [0.3, 0.4) is 0 Å². The predicted molar refractivity (Wildman–Crippen MR) is 76.1 cm³/mol. The Labute approximate surface area is 117 Å². The second-order valence-electron chi connectivity index (χ2n) is 6.27. The summed E-state index contributed by atoms with van der Waals surface area (Å²) in [6, 6.07) is 0. The molecule has 0 aromatic heterocycles. The molecule has 0 radical (unpaired) electrons. The normalized spacial score (nSPS) is 23.1. The lowest BCUT2D eigenvalue weighted by Gasteiger charge is -2.33. The van der Waals surface area contributed by atoms with Crippen LogP contribution < -0.4 is 0 Å². The third-order valence-electron chi connectivity index (χ3n) is 4.14. The summed E-state index contributed by atoms with van der Waals surface area (Å²) >= 11 is 0. The molecule has 0 bridgehead atoms. The van der Waals surface area contributed by atoms with Crippen LogP contribution in [-0.2, 0) is 9.53 Å². The van der Waals surface area contributed by atoms with Crippen molar-refractivity contribution in [2.75, 3.05) is 39.3 Å². The fraction of sp³-hybridized carbons (Fsp3) is 0.933. The van der Waals surface area contributed by atoms with Gasteiger partial charge in [0.25, 0.3) is 0 Å². The molecular formula is C15H28N2O2. The molecule has 0 spiro atoms. The number of carbonyl (C=O) groups excluding carboxylic acids is 1. The van der Waals surface area contributed by atoms with E-state index in [2.05, 4.69) is 9.80 Å². The minimum atomic E-state index is -0.0759. The fourth-order valence-electron chi connectivity index (χ4n) is 3.14. The molecule has 0 atom stereocenters. The van der Waals surface area contributed by atoms with Crippen LogP contribution >= 0.6 is 0 Å². The monoisotopic (exact) mass is 268 g/mol. The van der Waals surface area contributed by atoms with Gasteiger partial charge in [-0.15, -0.1) is 0 Å². The van der Waals surface area contributed by atoms with E-state index in [1.807, 2.05) is 13.8 Å². The van der Waals surface area contributed by atoms with E-state index in [-0.39, 0.29) is 12.1 Å². The Balaban J connectivity index is 1.63. The van der Waals surface area contributed by atoms with E-state index >= 15 is 0 Å². The Kier molecular flexibility index (Phi) is 5.64. The van der Waals surface area contributed by atoms with Gasteiger partial charge in [-0.25, -0.2) is 0 Å². The maximum absolute atomic E-state index is 11.6. The third-order valence-corrected chi connectivity index (χ3v) is 4.14. The van der Waals surface area contributed by atoms with Crippen LogP contribution in [0.4, 0.5) is 0 Å². The number of nitrogens with zero attached hydrogens (tertiary/aromatic N) is 2. The molecule has 2 rings (SSSR count). The largest absolute Gasteiger partial charge is 0.462 e. The average Bonchev–Trinajstić information content (AvgIpc) is 2.83. The Bertz CT molecular complexity index is 280. The topological polar surface area (TPSA) is 32.8 Å². The van der Waals surface area contributed by atoms with Gasteiger partial charge in [-0.1, -0.05) is 0 Å². The number of likely N-dealkylation sites (tertiary alicyclic amines) is 2. The molecule has 0 amide bonds. The van der Waals surface area contributed by atoms with E-state index in [4.69, 9.17) is 4.74 Å². The highest BCUT2D eigenvalue weighted by atomic mass is 16.5. The summed E-state index contributed by atoms with van der Waals surface area (Å²) in [5.41, 5.74) is 0. The standard InChI is InChI=1S/C15H28N2O2/c1-13(2)19-15(18)12-17-9-5-14(6-10-17)11-16-7-3-4-8-16/h13-14H,3-12H2,1-2H3. The number of esters is 1. The SMILES string of the molecule is CC(C)OC(=O)CN1CCC(CN2CCCC2)CC1. The van der Waals surface area contributed by atoms with E-state index in [0.29, 0.717) is 6.54 Å². The lowest BCUT2D eigenvalue weighted by atomic mass is 9.96. The number of carbonyl (C=O) groups is 1. The van der Waals surface area contributed by atoms with Crippen LogP contribution in [0.5, 0.6) is 0 Å². The zero-order valence-electron chi connectivity index (χ0n) is 12.4. The van der Waals surface area contributed by atoms with Gasteiger partial charge in [-0.2, -0.15) is 0 Å². The quantitative estimate of drug-likeness (QED) is 0.711. The van der Waals surface area contributed by atoms with Crippen LogP contribution in [0, 0.1) is 5.92 Å². The third kappa shape index (κ3) is 5.11. The number of rotatable bonds is 5. The minimum absolute atomic E-state index is 0.000190. The van der Waals surface area contributed by atoms with Gasteiger partial charge in [0.05, 0.1) is 12.6 Å². The molecule has 2 aliphatic heterocycles. The molecule has 0 N–H and O–H groups in total. The van der Waals surface area contributed by atoms with Gasteiger partial charge in [0.1, 0.15) is 0 Å². The highest BCUT2D eigenvalue weighted by Gasteiger charge is 2.24. The van der Waals surface area contributed by atoms with Crippen molar-refractivity contribution in [1.29, 1.82) is 0 Å². The summed E-state index contributed by atoms with van der Waals surface area (Å²) < 4.78 is 5.20. The summed E-state index contributed by atoms with van der Waals surface area (Å²) in [5, 5.41) is 0. The molecule has 2 saturated heterocycles. The van der Waals surface area contributed by atoms with Crippen LogP contribution in [-0.4, -0.2) is 61.1 Å². The summed E-state index contributed by atoms with van der Waals surface area (Å²) in [7, 11) is 0. The van der Waals surface area contributed by atoms with Crippen molar-refractivity contribution in [2.45, 2.75) is 45.6 Å². The fourth-order valence-corrected chi connectivity index (χ4v) is 3.14. The summed E-state index contributed by atoms with van der Waals surface area (Å²) in [6.07, 6.45) is 5.21. The zero-order chi connectivity index (χ0) is 13.7. The molecule has 4 nitrogen and oxygen atoms in total. The highest BCUT2D eigenvalue weighted by molar-refractivity contribution is 5.71. The summed E-state index contributed by atoms with van der Waals surface area (Å²) in [6.45, 7) is 10.2. The van der Waals surface area contributed by atoms with Gasteiger partial charge >= 0.3 is 5.97 Å². The first-order valence-corrected chi connectivity index (χ1v) is 7.77. The first-order valence-electron chi connectivity index (χ1n) is 7.77. The van der Waals surface area contributed by atoms with Crippen molar-refractivity contribution >= 4 is 5.97 Å². The molecule has 110 valence electrons. The van der Waals surface area contributed by atoms with Gasteiger partial charge in [0.15, 0.2) is 0 Å². The lowest BCUT2D eigenvalue weighted by molar-refractivity contribution is -0.149. The van der Waals surface area contributed by atoms with E-state index in [1.54, 1.807) is 0 Å². The number of piperidine rings is 1. The predicted octanol–water partition coefficient (Wildman–Crippen LogP) is 1.75. The van der Waals surface area contributed by atoms with Gasteiger partial charge in [0, 0.05) is 6.54 Å². The van der Waals surface area contributed by atoms with Crippen molar-refractivity contribution in [3.05, 3.63) is 0 Å². The second kappa shape index (κ2) is 7.25. The van der Waals surface area contributed by atoms with Gasteiger partial charge < -0.3 is 9.64 Å². The molecule has 4 heteroatoms. The van der Waals surface area contributed by atoms with Gasteiger partial charge in [-0.3, -0.25) is 9.69 Å². The van der Waals surface area contributed by atoms with Crippen LogP contribution in [0.25, 0.3) is 0 Å². The molecule has 0 aromatic rings. The maximum atomic E-state index is 11.6. The van der Waals surface area contributed by atoms with Crippen LogP contribution in [0.2, 0.25) is 0 Å². The average molecular weight is 268 g/mol. The highest BCUT2D eigenvalue weighted by Crippen LogP contribution is 2.20. The van der Waals surface area contributed by atoms with Crippen LogP contribution in [0.1, 0.15) is 39.5 Å². The molecule has 0 saturated carbocycles. The van der Waals surface area contributed by atoms with E-state index in [0.717, 1.165) is 19.0 Å². The molecular weight excluding hydrogens is 240 g/mol. The smallest absolute Gasteiger partial charge is 0.320 e. The number of hydrogen-bond acceptors (Lipinski definition) is 4. The first kappa shape index (κ1) is 14.8. The van der Waals surface area contributed by atoms with Gasteiger partial charge in [-0.05, 0) is 71.6 Å². The van der Waals surface area contributed by atoms with E-state index < -0.39 is 0 Å². The van der Waals surface area contributed by atoms with Crippen molar-refractivity contribution in [3.8, 4) is 0 Å². The minimum Gasteiger partial charge on any atom is -0.462 e. The van der Waals surface area contributed by atoms with Crippen molar-refractivity contribution in [1.82, 2.24) is 9.80 Å². The Morgan fingerprint density at radius 3 is 2.32 bits per heavy atom. The van der Waals surface area contributed by atoms with Crippen molar-refractivity contribution < 1.29 is 9.53 Å². The lowest BCUT2D eigenvalue weighted by Crippen LogP contribution is -2.41. The Morgan fingerprint density at radius 1 is 1.11 bits per heavy atom. The molecule has 0 aliphatic carbocycles. The van der Waals surface area contributed by atoms with E-state index in [1.165, 1.54) is 45.3 Å². The van der Waals surface area contributed by atoms with Crippen molar-refractivity contribution in [2.24, 2.45) is 5.92 Å². The number of hydrogen-bond donors (Lipinski definition) is 0. The molecule has 19 heavy (non-hydrogen) atoms. The Morgan fingerprint density at radius 2 is 1.74 bits per heavy atom. The first-order chi connectivity index (χ1) is 9.13. The second-order valence-corrected chi connectivity index (χ2v) is 6.27. The summed E-state index contributed by atoms with van der Waals surface area (Å²) in [5.74, 6) is 0.753. The van der Waals surface area contributed by atoms with E-state index in [9.17, 15) is 4.79 Å². The molecule has 2 fully saturated rings. The zero-order valence-corrected chi connectivity index (χ0v) is 12.4. The molecule has 2 aliphatic rings. The Hall–Kier alpha value is -0.610. The van der Waals surface area contributed by atoms with Crippen molar-refractivity contribution in [3.63, 3.8) is 0 Å². The summed E-state index contributed by atoms with van der Waals surface area (Å²) in [4.78, 5) is 16.5. The molecule has 0 aromatic carbocycles. The van der Waals surface area contributed by atoms with Gasteiger partial charge in [0.2, 0.25) is 0 Å². The number of ether oxygens (including phenoxy) is 1. The molecule has 0 unspecified atom stereocenters. The molecule has 2 heterocycles. The maximum Gasteiger partial charge on any atom is 0.320 e.